The van der Waals surface area contributed by atoms with E-state index in [4.69, 9.17) is 9.47 Å². The van der Waals surface area contributed by atoms with Crippen molar-refractivity contribution in [1.29, 1.82) is 5.26 Å². The van der Waals surface area contributed by atoms with Crippen molar-refractivity contribution in [3.63, 3.8) is 0 Å². The van der Waals surface area contributed by atoms with Crippen LogP contribution in [0.1, 0.15) is 16.7 Å². The fourth-order valence-electron chi connectivity index (χ4n) is 2.75. The zero-order valence-electron chi connectivity index (χ0n) is 17.8. The number of nitrogens with one attached hydrogen (secondary N) is 1. The van der Waals surface area contributed by atoms with E-state index in [2.05, 4.69) is 32.6 Å². The number of methoxy groups -OCH3 is 2. The number of carbonyl (C=O) groups excluding carboxylic acids is 2. The fourth-order valence-corrected chi connectivity index (χ4v) is 3.39. The molecule has 0 saturated carbocycles. The van der Waals surface area contributed by atoms with Gasteiger partial charge in [-0.25, -0.2) is 4.79 Å². The molecule has 1 N–H and O–H groups in total. The number of esters is 1. The second-order valence-electron chi connectivity index (χ2n) is 6.55. The first-order valence-electron chi connectivity index (χ1n) is 9.57. The van der Waals surface area contributed by atoms with E-state index in [0.717, 1.165) is 16.9 Å². The number of hydrogen-bond donors (Lipinski definition) is 1. The average molecular weight is 499 g/mol. The van der Waals surface area contributed by atoms with E-state index < -0.39 is 11.9 Å². The van der Waals surface area contributed by atoms with Crippen molar-refractivity contribution in [1.82, 2.24) is 5.32 Å². The normalized spacial score (nSPS) is 10.6. The highest BCUT2D eigenvalue weighted by molar-refractivity contribution is 9.10. The maximum Gasteiger partial charge on any atom is 0.343 e. The van der Waals surface area contributed by atoms with Crippen molar-refractivity contribution >= 4 is 33.9 Å². The molecule has 1 amide bonds. The van der Waals surface area contributed by atoms with Gasteiger partial charge in [0.05, 0.1) is 18.7 Å². The molecule has 0 radical (unpaired) electrons. The second-order valence-corrected chi connectivity index (χ2v) is 7.40. The molecule has 0 spiro atoms. The SMILES string of the molecule is C=CCc1cc(/C=C(/C#N)C(=O)NCc2ccc(OC)cc2)cc(Br)c1OCC(=O)OC. The Bertz CT molecular complexity index is 1060. The zero-order chi connectivity index (χ0) is 23.5. The monoisotopic (exact) mass is 498 g/mol. The summed E-state index contributed by atoms with van der Waals surface area (Å²) < 4.78 is 15.9. The summed E-state index contributed by atoms with van der Waals surface area (Å²) in [6.07, 6.45) is 3.64. The topological polar surface area (TPSA) is 97.7 Å². The predicted molar refractivity (Wildman–Crippen MR) is 124 cm³/mol. The lowest BCUT2D eigenvalue weighted by molar-refractivity contribution is -0.142. The first-order valence-corrected chi connectivity index (χ1v) is 10.4. The molecule has 0 atom stereocenters. The lowest BCUT2D eigenvalue weighted by atomic mass is 10.0. The van der Waals surface area contributed by atoms with Gasteiger partial charge < -0.3 is 19.5 Å². The first kappa shape index (κ1) is 24.7. The average Bonchev–Trinajstić information content (AvgIpc) is 2.80. The van der Waals surface area contributed by atoms with E-state index in [1.165, 1.54) is 13.2 Å². The summed E-state index contributed by atoms with van der Waals surface area (Å²) in [6, 6.07) is 12.7. The Labute approximate surface area is 195 Å². The Morgan fingerprint density at radius 3 is 2.53 bits per heavy atom. The van der Waals surface area contributed by atoms with Gasteiger partial charge in [-0.15, -0.1) is 6.58 Å². The molecule has 0 aliphatic carbocycles. The highest BCUT2D eigenvalue weighted by Gasteiger charge is 2.14. The Morgan fingerprint density at radius 2 is 1.94 bits per heavy atom. The Balaban J connectivity index is 2.20. The van der Waals surface area contributed by atoms with Gasteiger partial charge in [-0.3, -0.25) is 4.79 Å². The second kappa shape index (κ2) is 12.3. The third kappa shape index (κ3) is 7.00. The van der Waals surface area contributed by atoms with Crippen molar-refractivity contribution < 1.29 is 23.8 Å². The van der Waals surface area contributed by atoms with E-state index in [0.29, 0.717) is 22.2 Å². The van der Waals surface area contributed by atoms with Crippen molar-refractivity contribution in [3.8, 4) is 17.6 Å². The third-order valence-corrected chi connectivity index (χ3v) is 4.95. The minimum Gasteiger partial charge on any atom is -0.497 e. The van der Waals surface area contributed by atoms with Crippen LogP contribution < -0.4 is 14.8 Å². The first-order chi connectivity index (χ1) is 15.4. The molecule has 7 nitrogen and oxygen atoms in total. The van der Waals surface area contributed by atoms with Crippen LogP contribution in [-0.4, -0.2) is 32.7 Å². The summed E-state index contributed by atoms with van der Waals surface area (Å²) >= 11 is 3.43. The van der Waals surface area contributed by atoms with E-state index in [-0.39, 0.29) is 18.7 Å². The van der Waals surface area contributed by atoms with Crippen LogP contribution in [0.25, 0.3) is 6.08 Å². The minimum absolute atomic E-state index is 0.0433. The number of allylic oxidation sites excluding steroid dienone is 1. The van der Waals surface area contributed by atoms with Gasteiger partial charge in [0.15, 0.2) is 6.61 Å². The van der Waals surface area contributed by atoms with Crippen LogP contribution >= 0.6 is 15.9 Å². The predicted octanol–water partition coefficient (Wildman–Crippen LogP) is 3.96. The molecular weight excluding hydrogens is 476 g/mol. The van der Waals surface area contributed by atoms with E-state index in [1.807, 2.05) is 18.2 Å². The molecule has 0 aliphatic rings. The van der Waals surface area contributed by atoms with Crippen LogP contribution in [0.3, 0.4) is 0 Å². The Hall–Kier alpha value is -3.57. The Morgan fingerprint density at radius 1 is 1.22 bits per heavy atom. The molecule has 32 heavy (non-hydrogen) atoms. The highest BCUT2D eigenvalue weighted by atomic mass is 79.9. The molecule has 2 rings (SSSR count). The molecule has 0 saturated heterocycles. The summed E-state index contributed by atoms with van der Waals surface area (Å²) in [7, 11) is 2.86. The molecule has 0 aromatic heterocycles. The summed E-state index contributed by atoms with van der Waals surface area (Å²) in [4.78, 5) is 23.9. The number of amides is 1. The van der Waals surface area contributed by atoms with Crippen molar-refractivity contribution in [2.45, 2.75) is 13.0 Å². The molecule has 0 unspecified atom stereocenters. The van der Waals surface area contributed by atoms with Crippen molar-refractivity contribution in [2.75, 3.05) is 20.8 Å². The molecule has 2 aromatic carbocycles. The summed E-state index contributed by atoms with van der Waals surface area (Å²) in [5.41, 5.74) is 2.19. The van der Waals surface area contributed by atoms with Gasteiger partial charge in [-0.05, 0) is 69.4 Å². The molecule has 166 valence electrons. The van der Waals surface area contributed by atoms with Gasteiger partial charge in [-0.1, -0.05) is 18.2 Å². The number of carbonyl (C=O) groups is 2. The van der Waals surface area contributed by atoms with Gasteiger partial charge in [0.2, 0.25) is 0 Å². The van der Waals surface area contributed by atoms with Crippen LogP contribution in [0.4, 0.5) is 0 Å². The largest absolute Gasteiger partial charge is 0.497 e. The summed E-state index contributed by atoms with van der Waals surface area (Å²) in [6.45, 7) is 3.76. The molecule has 0 heterocycles. The minimum atomic E-state index is -0.509. The molecule has 0 bridgehead atoms. The number of nitrogens with zero attached hydrogens (tertiary/aromatic N) is 1. The number of hydrogen-bond acceptors (Lipinski definition) is 6. The number of halogens is 1. The van der Waals surface area contributed by atoms with Crippen LogP contribution in [0.15, 0.2) is 59.1 Å². The van der Waals surface area contributed by atoms with Crippen molar-refractivity contribution in [2.24, 2.45) is 0 Å². The Kier molecular flexibility index (Phi) is 9.51. The van der Waals surface area contributed by atoms with E-state index >= 15 is 0 Å². The van der Waals surface area contributed by atoms with Crippen LogP contribution in [0.5, 0.6) is 11.5 Å². The van der Waals surface area contributed by atoms with Crippen LogP contribution in [0, 0.1) is 11.3 Å². The third-order valence-electron chi connectivity index (χ3n) is 4.36. The summed E-state index contributed by atoms with van der Waals surface area (Å²) in [5, 5.41) is 12.2. The standard InChI is InChI=1S/C24H23BrN2O5/c1-4-5-18-10-17(12-21(25)23(18)32-15-22(28)31-3)11-19(13-26)24(29)27-14-16-6-8-20(30-2)9-7-16/h4,6-12H,1,5,14-15H2,2-3H3,(H,27,29)/b19-11-. The number of rotatable bonds is 10. The highest BCUT2D eigenvalue weighted by Crippen LogP contribution is 2.32. The molecule has 0 fully saturated rings. The van der Waals surface area contributed by atoms with Crippen LogP contribution in [0.2, 0.25) is 0 Å². The quantitative estimate of drug-likeness (QED) is 0.230. The molecule has 2 aromatic rings. The molecule has 0 aliphatic heterocycles. The molecule has 8 heteroatoms. The lowest BCUT2D eigenvalue weighted by Crippen LogP contribution is -2.23. The van der Waals surface area contributed by atoms with Gasteiger partial charge in [0, 0.05) is 6.54 Å². The number of benzene rings is 2. The van der Waals surface area contributed by atoms with E-state index in [9.17, 15) is 14.9 Å². The van der Waals surface area contributed by atoms with Gasteiger partial charge >= 0.3 is 5.97 Å². The smallest absolute Gasteiger partial charge is 0.343 e. The fraction of sp³-hybridized carbons (Fsp3) is 0.208. The number of ether oxygens (including phenoxy) is 3. The van der Waals surface area contributed by atoms with Crippen molar-refractivity contribution in [3.05, 3.63) is 75.8 Å². The van der Waals surface area contributed by atoms with Gasteiger partial charge in [0.25, 0.3) is 5.91 Å². The van der Waals surface area contributed by atoms with Crippen LogP contribution in [-0.2, 0) is 27.3 Å². The van der Waals surface area contributed by atoms with Gasteiger partial charge in [0.1, 0.15) is 23.1 Å². The maximum absolute atomic E-state index is 12.5. The number of nitriles is 1. The van der Waals surface area contributed by atoms with E-state index in [1.54, 1.807) is 37.5 Å². The van der Waals surface area contributed by atoms with Gasteiger partial charge in [-0.2, -0.15) is 5.26 Å². The maximum atomic E-state index is 12.5. The molecular formula is C24H23BrN2O5. The lowest BCUT2D eigenvalue weighted by Gasteiger charge is -2.13. The summed E-state index contributed by atoms with van der Waals surface area (Å²) in [5.74, 6) is 0.189. The zero-order valence-corrected chi connectivity index (χ0v) is 19.4.